The Hall–Kier alpha value is -2.34. The van der Waals surface area contributed by atoms with Crippen molar-refractivity contribution >= 4 is 15.7 Å². The highest BCUT2D eigenvalue weighted by Crippen LogP contribution is 2.29. The summed E-state index contributed by atoms with van der Waals surface area (Å²) in [6.45, 7) is 2.60. The Balaban J connectivity index is 1.59. The van der Waals surface area contributed by atoms with Gasteiger partial charge in [0.1, 0.15) is 5.75 Å². The van der Waals surface area contributed by atoms with Crippen LogP contribution in [0.1, 0.15) is 41.7 Å². The second-order valence-electron chi connectivity index (χ2n) is 6.82. The van der Waals surface area contributed by atoms with Crippen molar-refractivity contribution in [2.75, 3.05) is 12.9 Å². The zero-order valence-electron chi connectivity index (χ0n) is 14.9. The van der Waals surface area contributed by atoms with E-state index in [-0.39, 0.29) is 16.8 Å². The van der Waals surface area contributed by atoms with E-state index in [4.69, 9.17) is 4.74 Å². The number of benzene rings is 2. The van der Waals surface area contributed by atoms with Gasteiger partial charge in [-0.1, -0.05) is 12.1 Å². The minimum absolute atomic E-state index is 0.182. The molecule has 26 heavy (non-hydrogen) atoms. The molecule has 1 N–H and O–H groups in total. The van der Waals surface area contributed by atoms with E-state index in [0.717, 1.165) is 17.9 Å². The molecule has 1 fully saturated rings. The van der Waals surface area contributed by atoms with Gasteiger partial charge in [-0.25, -0.2) is 8.42 Å². The van der Waals surface area contributed by atoms with Crippen LogP contribution in [0.25, 0.3) is 0 Å². The highest BCUT2D eigenvalue weighted by molar-refractivity contribution is 7.90. The fraction of sp³-hybridized carbons (Fsp3) is 0.350. The summed E-state index contributed by atoms with van der Waals surface area (Å²) in [6.07, 6.45) is 3.65. The van der Waals surface area contributed by atoms with E-state index in [1.165, 1.54) is 19.1 Å². The average Bonchev–Trinajstić information content (AvgIpc) is 3.44. The van der Waals surface area contributed by atoms with Crippen LogP contribution >= 0.6 is 0 Å². The predicted molar refractivity (Wildman–Crippen MR) is 100 cm³/mol. The molecule has 2 aromatic carbocycles. The molecule has 0 spiro atoms. The third-order valence-electron chi connectivity index (χ3n) is 4.45. The number of nitrogens with one attached hydrogen (secondary N) is 1. The van der Waals surface area contributed by atoms with Crippen molar-refractivity contribution in [2.45, 2.75) is 30.7 Å². The van der Waals surface area contributed by atoms with Gasteiger partial charge in [0, 0.05) is 11.8 Å². The predicted octanol–water partition coefficient (Wildman–Crippen LogP) is 3.37. The van der Waals surface area contributed by atoms with Gasteiger partial charge in [0.05, 0.1) is 17.5 Å². The zero-order valence-corrected chi connectivity index (χ0v) is 15.8. The van der Waals surface area contributed by atoms with Gasteiger partial charge in [0.25, 0.3) is 5.91 Å². The lowest BCUT2D eigenvalue weighted by Gasteiger charge is -2.15. The molecule has 0 saturated heterocycles. The van der Waals surface area contributed by atoms with Crippen LogP contribution in [0.15, 0.2) is 53.4 Å². The number of carbonyl (C=O) groups is 1. The molecule has 0 radical (unpaired) electrons. The Morgan fingerprint density at radius 2 is 1.73 bits per heavy atom. The van der Waals surface area contributed by atoms with Gasteiger partial charge in [0.15, 0.2) is 9.84 Å². The number of rotatable bonds is 7. The molecule has 0 heterocycles. The highest BCUT2D eigenvalue weighted by Gasteiger charge is 2.22. The lowest BCUT2D eigenvalue weighted by Crippen LogP contribution is -2.26. The van der Waals surface area contributed by atoms with E-state index < -0.39 is 9.84 Å². The van der Waals surface area contributed by atoms with Gasteiger partial charge in [-0.3, -0.25) is 4.79 Å². The molecule has 0 unspecified atom stereocenters. The van der Waals surface area contributed by atoms with Crippen molar-refractivity contribution in [1.29, 1.82) is 0 Å². The quantitative estimate of drug-likeness (QED) is 0.808. The molecule has 1 aliphatic carbocycles. The molecule has 138 valence electrons. The second kappa shape index (κ2) is 7.50. The van der Waals surface area contributed by atoms with Crippen molar-refractivity contribution in [3.63, 3.8) is 0 Å². The standard InChI is InChI=1S/C20H23NO4S/c1-14(16-7-11-19(12-8-16)26(2,23)24)21-20(22)17-5-9-18(10-6-17)25-13-15-3-4-15/h5-12,14-15H,3-4,13H2,1-2H3,(H,21,22)/t14-/m1/s1. The number of amides is 1. The minimum atomic E-state index is -3.22. The maximum absolute atomic E-state index is 12.4. The Morgan fingerprint density at radius 1 is 1.12 bits per heavy atom. The molecule has 1 amide bonds. The maximum Gasteiger partial charge on any atom is 0.251 e. The first kappa shape index (κ1) is 18.5. The van der Waals surface area contributed by atoms with Gasteiger partial charge in [-0.05, 0) is 67.6 Å². The molecular formula is C20H23NO4S. The SMILES string of the molecule is C[C@@H](NC(=O)c1ccc(OCC2CC2)cc1)c1ccc(S(C)(=O)=O)cc1. The van der Waals surface area contributed by atoms with Gasteiger partial charge in [0.2, 0.25) is 0 Å². The molecule has 5 nitrogen and oxygen atoms in total. The summed E-state index contributed by atoms with van der Waals surface area (Å²) in [5.74, 6) is 1.28. The van der Waals surface area contributed by atoms with E-state index in [2.05, 4.69) is 5.32 Å². The van der Waals surface area contributed by atoms with E-state index in [1.807, 2.05) is 19.1 Å². The summed E-state index contributed by atoms with van der Waals surface area (Å²) in [4.78, 5) is 12.7. The van der Waals surface area contributed by atoms with Crippen molar-refractivity contribution in [1.82, 2.24) is 5.32 Å². The number of ether oxygens (including phenoxy) is 1. The molecule has 2 aromatic rings. The summed E-state index contributed by atoms with van der Waals surface area (Å²) in [6, 6.07) is 13.4. The van der Waals surface area contributed by atoms with Crippen LogP contribution in [0.2, 0.25) is 0 Å². The first-order chi connectivity index (χ1) is 12.3. The first-order valence-corrected chi connectivity index (χ1v) is 10.6. The van der Waals surface area contributed by atoms with Crippen LogP contribution in [0, 0.1) is 5.92 Å². The Bertz CT molecular complexity index is 869. The third-order valence-corrected chi connectivity index (χ3v) is 5.58. The minimum Gasteiger partial charge on any atom is -0.493 e. The fourth-order valence-electron chi connectivity index (χ4n) is 2.57. The number of carbonyl (C=O) groups excluding carboxylic acids is 1. The molecule has 0 aromatic heterocycles. The fourth-order valence-corrected chi connectivity index (χ4v) is 3.20. The van der Waals surface area contributed by atoms with Crippen LogP contribution in [0.4, 0.5) is 0 Å². The number of sulfone groups is 1. The molecule has 6 heteroatoms. The van der Waals surface area contributed by atoms with E-state index in [0.29, 0.717) is 11.5 Å². The monoisotopic (exact) mass is 373 g/mol. The molecule has 1 saturated carbocycles. The molecule has 0 bridgehead atoms. The Labute approximate surface area is 154 Å². The summed E-state index contributed by atoms with van der Waals surface area (Å²) in [7, 11) is -3.22. The molecule has 1 atom stereocenters. The normalized spacial score (nSPS) is 15.3. The average molecular weight is 373 g/mol. The van der Waals surface area contributed by atoms with E-state index in [9.17, 15) is 13.2 Å². The van der Waals surface area contributed by atoms with Crippen LogP contribution in [-0.4, -0.2) is 27.2 Å². The van der Waals surface area contributed by atoms with Crippen molar-refractivity contribution in [3.05, 3.63) is 59.7 Å². The molecule has 3 rings (SSSR count). The van der Waals surface area contributed by atoms with E-state index in [1.54, 1.807) is 36.4 Å². The lowest BCUT2D eigenvalue weighted by atomic mass is 10.1. The summed E-state index contributed by atoms with van der Waals surface area (Å²) in [5.41, 5.74) is 1.40. The highest BCUT2D eigenvalue weighted by atomic mass is 32.2. The molecule has 1 aliphatic rings. The van der Waals surface area contributed by atoms with Crippen molar-refractivity contribution < 1.29 is 17.9 Å². The lowest BCUT2D eigenvalue weighted by molar-refractivity contribution is 0.0940. The smallest absolute Gasteiger partial charge is 0.251 e. The van der Waals surface area contributed by atoms with Gasteiger partial charge < -0.3 is 10.1 Å². The van der Waals surface area contributed by atoms with Crippen molar-refractivity contribution in [3.8, 4) is 5.75 Å². The topological polar surface area (TPSA) is 72.5 Å². The summed E-state index contributed by atoms with van der Waals surface area (Å²) < 4.78 is 28.7. The zero-order chi connectivity index (χ0) is 18.7. The van der Waals surface area contributed by atoms with Gasteiger partial charge >= 0.3 is 0 Å². The van der Waals surface area contributed by atoms with Crippen molar-refractivity contribution in [2.24, 2.45) is 5.92 Å². The molecular weight excluding hydrogens is 350 g/mol. The number of hydrogen-bond donors (Lipinski definition) is 1. The van der Waals surface area contributed by atoms with Crippen LogP contribution in [0.3, 0.4) is 0 Å². The second-order valence-corrected chi connectivity index (χ2v) is 8.83. The van der Waals surface area contributed by atoms with Gasteiger partial charge in [-0.15, -0.1) is 0 Å². The Morgan fingerprint density at radius 3 is 2.27 bits per heavy atom. The third kappa shape index (κ3) is 4.85. The van der Waals surface area contributed by atoms with Crippen LogP contribution in [0.5, 0.6) is 5.75 Å². The summed E-state index contributed by atoms with van der Waals surface area (Å²) >= 11 is 0. The number of hydrogen-bond acceptors (Lipinski definition) is 4. The maximum atomic E-state index is 12.4. The first-order valence-electron chi connectivity index (χ1n) is 8.66. The van der Waals surface area contributed by atoms with Gasteiger partial charge in [-0.2, -0.15) is 0 Å². The van der Waals surface area contributed by atoms with Crippen LogP contribution in [-0.2, 0) is 9.84 Å². The largest absolute Gasteiger partial charge is 0.493 e. The van der Waals surface area contributed by atoms with E-state index >= 15 is 0 Å². The summed E-state index contributed by atoms with van der Waals surface area (Å²) in [5, 5.41) is 2.92. The van der Waals surface area contributed by atoms with Crippen LogP contribution < -0.4 is 10.1 Å². The Kier molecular flexibility index (Phi) is 5.32. The molecule has 0 aliphatic heterocycles.